The van der Waals surface area contributed by atoms with E-state index in [1.807, 2.05) is 32.0 Å². The Bertz CT molecular complexity index is 859. The van der Waals surface area contributed by atoms with Gasteiger partial charge in [-0.1, -0.05) is 17.3 Å². The minimum Gasteiger partial charge on any atom is -0.481 e. The zero-order valence-corrected chi connectivity index (χ0v) is 12.9. The van der Waals surface area contributed by atoms with Gasteiger partial charge in [0.05, 0.1) is 17.8 Å². The second-order valence-electron chi connectivity index (χ2n) is 5.10. The number of oxazole rings is 1. The zero-order valence-electron chi connectivity index (χ0n) is 12.9. The molecule has 3 aromatic rings. The minimum atomic E-state index is -0.952. The highest BCUT2D eigenvalue weighted by atomic mass is 16.4. The van der Waals surface area contributed by atoms with Crippen LogP contribution in [0, 0.1) is 6.92 Å². The Hall–Kier alpha value is -2.96. The summed E-state index contributed by atoms with van der Waals surface area (Å²) in [5.74, 6) is -0.650. The highest BCUT2D eigenvalue weighted by molar-refractivity contribution is 5.90. The minimum absolute atomic E-state index is 0.193. The number of rotatable bonds is 5. The van der Waals surface area contributed by atoms with Crippen LogP contribution in [0.15, 0.2) is 28.7 Å². The Morgan fingerprint density at radius 3 is 2.87 bits per heavy atom. The maximum atomic E-state index is 11.2. The first-order valence-electron chi connectivity index (χ1n) is 7.27. The van der Waals surface area contributed by atoms with Crippen molar-refractivity contribution in [2.75, 3.05) is 0 Å². The molecule has 0 fully saturated rings. The number of fused-ring (bicyclic) bond motifs is 1. The van der Waals surface area contributed by atoms with Gasteiger partial charge in [0, 0.05) is 12.1 Å². The fraction of sp³-hybridized carbons (Fsp3) is 0.250. The SMILES string of the molecule is CCn1nnc(C)c1/C=C(\CC(=O)O)c1nc2ccccc2o1. The molecule has 0 aliphatic carbocycles. The molecule has 7 nitrogen and oxygen atoms in total. The van der Waals surface area contributed by atoms with Crippen molar-refractivity contribution in [2.24, 2.45) is 0 Å². The van der Waals surface area contributed by atoms with Crippen LogP contribution in [0.3, 0.4) is 0 Å². The van der Waals surface area contributed by atoms with Gasteiger partial charge in [-0.25, -0.2) is 9.67 Å². The third kappa shape index (κ3) is 2.98. The van der Waals surface area contributed by atoms with Crippen molar-refractivity contribution in [1.82, 2.24) is 20.0 Å². The fourth-order valence-corrected chi connectivity index (χ4v) is 2.35. The summed E-state index contributed by atoms with van der Waals surface area (Å²) in [7, 11) is 0. The second kappa shape index (κ2) is 6.04. The molecule has 118 valence electrons. The molecule has 1 N–H and O–H groups in total. The molecule has 7 heteroatoms. The van der Waals surface area contributed by atoms with Crippen molar-refractivity contribution in [3.05, 3.63) is 41.5 Å². The van der Waals surface area contributed by atoms with Gasteiger partial charge in [-0.3, -0.25) is 4.79 Å². The third-order valence-electron chi connectivity index (χ3n) is 3.47. The van der Waals surface area contributed by atoms with Crippen molar-refractivity contribution in [3.63, 3.8) is 0 Å². The largest absolute Gasteiger partial charge is 0.481 e. The van der Waals surface area contributed by atoms with Crippen LogP contribution in [0.2, 0.25) is 0 Å². The van der Waals surface area contributed by atoms with Gasteiger partial charge < -0.3 is 9.52 Å². The normalized spacial score (nSPS) is 12.0. The van der Waals surface area contributed by atoms with Crippen LogP contribution in [0.5, 0.6) is 0 Å². The standard InChI is InChI=1S/C16H16N4O3/c1-3-20-13(10(2)18-19-20)8-11(9-15(21)22)16-17-12-6-4-5-7-14(12)23-16/h4-8H,3,9H2,1-2H3,(H,21,22)/b11-8+. The van der Waals surface area contributed by atoms with Crippen LogP contribution in [0.25, 0.3) is 22.7 Å². The molecule has 1 aromatic carbocycles. The summed E-state index contributed by atoms with van der Waals surface area (Å²) in [5.41, 5.74) is 3.28. The third-order valence-corrected chi connectivity index (χ3v) is 3.47. The van der Waals surface area contributed by atoms with E-state index in [4.69, 9.17) is 4.42 Å². The van der Waals surface area contributed by atoms with Gasteiger partial charge in [-0.05, 0) is 32.1 Å². The summed E-state index contributed by atoms with van der Waals surface area (Å²) >= 11 is 0. The number of hydrogen-bond donors (Lipinski definition) is 1. The lowest BCUT2D eigenvalue weighted by Gasteiger charge is -2.03. The molecule has 3 rings (SSSR count). The van der Waals surface area contributed by atoms with Crippen LogP contribution in [0.1, 0.15) is 30.6 Å². The van der Waals surface area contributed by atoms with Crippen LogP contribution >= 0.6 is 0 Å². The monoisotopic (exact) mass is 312 g/mol. The van der Waals surface area contributed by atoms with Crippen LogP contribution in [-0.4, -0.2) is 31.1 Å². The van der Waals surface area contributed by atoms with Crippen LogP contribution < -0.4 is 0 Å². The van der Waals surface area contributed by atoms with E-state index in [1.54, 1.807) is 16.8 Å². The zero-order chi connectivity index (χ0) is 16.4. The summed E-state index contributed by atoms with van der Waals surface area (Å²) in [6, 6.07) is 7.32. The van der Waals surface area contributed by atoms with E-state index in [0.717, 1.165) is 11.4 Å². The van der Waals surface area contributed by atoms with E-state index in [-0.39, 0.29) is 6.42 Å². The topological polar surface area (TPSA) is 94.0 Å². The van der Waals surface area contributed by atoms with Crippen molar-refractivity contribution < 1.29 is 14.3 Å². The molecule has 0 amide bonds. The first-order chi connectivity index (χ1) is 11.1. The summed E-state index contributed by atoms with van der Waals surface area (Å²) < 4.78 is 7.41. The van der Waals surface area contributed by atoms with Crippen molar-refractivity contribution in [3.8, 4) is 0 Å². The highest BCUT2D eigenvalue weighted by Gasteiger charge is 2.16. The highest BCUT2D eigenvalue weighted by Crippen LogP contribution is 2.25. The van der Waals surface area contributed by atoms with E-state index in [1.165, 1.54) is 0 Å². The fourth-order valence-electron chi connectivity index (χ4n) is 2.35. The van der Waals surface area contributed by atoms with Gasteiger partial charge in [0.25, 0.3) is 0 Å². The maximum absolute atomic E-state index is 11.2. The Kier molecular flexibility index (Phi) is 3.92. The molecule has 0 saturated carbocycles. The lowest BCUT2D eigenvalue weighted by molar-refractivity contribution is -0.135. The van der Waals surface area contributed by atoms with Crippen LogP contribution in [0.4, 0.5) is 0 Å². The molecule has 2 aromatic heterocycles. The summed E-state index contributed by atoms with van der Waals surface area (Å²) in [6.07, 6.45) is 1.54. The van der Waals surface area contributed by atoms with Gasteiger partial charge in [0.2, 0.25) is 5.89 Å². The molecule has 0 saturated heterocycles. The number of carbonyl (C=O) groups is 1. The van der Waals surface area contributed by atoms with Gasteiger partial charge in [-0.2, -0.15) is 0 Å². The van der Waals surface area contributed by atoms with Crippen molar-refractivity contribution in [1.29, 1.82) is 0 Å². The molecule has 0 aliphatic heterocycles. The number of aryl methyl sites for hydroxylation is 2. The van der Waals surface area contributed by atoms with Crippen molar-refractivity contribution in [2.45, 2.75) is 26.8 Å². The Morgan fingerprint density at radius 1 is 1.39 bits per heavy atom. The number of aliphatic carboxylic acids is 1. The number of carboxylic acid groups (broad SMARTS) is 1. The molecule has 2 heterocycles. The van der Waals surface area contributed by atoms with Gasteiger partial charge in [0.1, 0.15) is 5.52 Å². The molecular formula is C16H16N4O3. The first-order valence-corrected chi connectivity index (χ1v) is 7.27. The lowest BCUT2D eigenvalue weighted by atomic mass is 10.1. The molecule has 0 radical (unpaired) electrons. The molecule has 0 atom stereocenters. The number of benzene rings is 1. The first kappa shape index (κ1) is 15.0. The van der Waals surface area contributed by atoms with E-state index in [2.05, 4.69) is 15.3 Å². The van der Waals surface area contributed by atoms with Crippen LogP contribution in [-0.2, 0) is 11.3 Å². The molecular weight excluding hydrogens is 296 g/mol. The molecule has 0 spiro atoms. The molecule has 0 aliphatic rings. The average molecular weight is 312 g/mol. The number of nitrogens with zero attached hydrogens (tertiary/aromatic N) is 4. The van der Waals surface area contributed by atoms with E-state index in [0.29, 0.717) is 29.1 Å². The van der Waals surface area contributed by atoms with Crippen molar-refractivity contribution >= 4 is 28.7 Å². The maximum Gasteiger partial charge on any atom is 0.308 e. The number of hydrogen-bond acceptors (Lipinski definition) is 5. The molecule has 0 bridgehead atoms. The van der Waals surface area contributed by atoms with E-state index in [9.17, 15) is 9.90 Å². The van der Waals surface area contributed by atoms with Gasteiger partial charge in [0.15, 0.2) is 5.58 Å². The lowest BCUT2D eigenvalue weighted by Crippen LogP contribution is -2.02. The summed E-state index contributed by atoms with van der Waals surface area (Å²) in [6.45, 7) is 4.41. The van der Waals surface area contributed by atoms with Gasteiger partial charge >= 0.3 is 5.97 Å². The average Bonchev–Trinajstić information content (AvgIpc) is 3.10. The predicted molar refractivity (Wildman–Crippen MR) is 84.6 cm³/mol. The van der Waals surface area contributed by atoms with E-state index < -0.39 is 5.97 Å². The van der Waals surface area contributed by atoms with Gasteiger partial charge in [-0.15, -0.1) is 5.10 Å². The number of carboxylic acids is 1. The number of para-hydroxylation sites is 2. The Balaban J connectivity index is 2.12. The smallest absolute Gasteiger partial charge is 0.308 e. The Morgan fingerprint density at radius 2 is 2.17 bits per heavy atom. The molecule has 23 heavy (non-hydrogen) atoms. The quantitative estimate of drug-likeness (QED) is 0.778. The molecule has 0 unspecified atom stereocenters. The predicted octanol–water partition coefficient (Wildman–Crippen LogP) is 2.76. The summed E-state index contributed by atoms with van der Waals surface area (Å²) in [5, 5.41) is 17.2. The number of aromatic nitrogens is 4. The summed E-state index contributed by atoms with van der Waals surface area (Å²) in [4.78, 5) is 15.6. The Labute approximate surface area is 132 Å². The van der Waals surface area contributed by atoms with E-state index >= 15 is 0 Å². The second-order valence-corrected chi connectivity index (χ2v) is 5.10.